The van der Waals surface area contributed by atoms with Crippen LogP contribution in [0, 0.1) is 13.8 Å². The number of nitrogens with zero attached hydrogens (tertiary/aromatic N) is 2. The van der Waals surface area contributed by atoms with E-state index in [9.17, 15) is 4.79 Å². The van der Waals surface area contributed by atoms with Crippen LogP contribution < -0.4 is 10.1 Å². The van der Waals surface area contributed by atoms with Crippen molar-refractivity contribution in [3.63, 3.8) is 0 Å². The number of thiazole rings is 1. The molecule has 0 unspecified atom stereocenters. The highest BCUT2D eigenvalue weighted by atomic mass is 32.1. The van der Waals surface area contributed by atoms with E-state index in [2.05, 4.69) is 27.4 Å². The molecular weight excluding hydrogens is 346 g/mol. The summed E-state index contributed by atoms with van der Waals surface area (Å²) in [5, 5.41) is 5.63. The van der Waals surface area contributed by atoms with Crippen LogP contribution >= 0.6 is 11.3 Å². The summed E-state index contributed by atoms with van der Waals surface area (Å²) in [5.41, 5.74) is 4.43. The Bertz CT molecular complexity index is 907. The summed E-state index contributed by atoms with van der Waals surface area (Å²) in [6, 6.07) is 12.1. The van der Waals surface area contributed by atoms with Gasteiger partial charge in [0.25, 0.3) is 5.91 Å². The fourth-order valence-corrected chi connectivity index (χ4v) is 3.55. The number of rotatable bonds is 6. The molecule has 0 fully saturated rings. The number of benzene rings is 1. The molecule has 0 bridgehead atoms. The number of carbonyl (C=O) groups excluding carboxylic acids is 1. The third-order valence-corrected chi connectivity index (χ3v) is 4.89. The normalized spacial score (nSPS) is 10.6. The van der Waals surface area contributed by atoms with E-state index in [0.717, 1.165) is 28.2 Å². The topological polar surface area (TPSA) is 64.1 Å². The molecular formula is C20H21N3O2S. The van der Waals surface area contributed by atoms with E-state index >= 15 is 0 Å². The van der Waals surface area contributed by atoms with E-state index in [1.165, 1.54) is 16.9 Å². The van der Waals surface area contributed by atoms with Gasteiger partial charge in [0.15, 0.2) is 0 Å². The van der Waals surface area contributed by atoms with Crippen molar-refractivity contribution in [2.45, 2.75) is 26.8 Å². The SMILES string of the molecule is COc1nc(C)cc(C)c1CNC(=O)c1csc(Cc2ccccc2)n1. The van der Waals surface area contributed by atoms with Crippen molar-refractivity contribution in [1.82, 2.24) is 15.3 Å². The zero-order valence-corrected chi connectivity index (χ0v) is 15.9. The van der Waals surface area contributed by atoms with Crippen molar-refractivity contribution in [3.05, 3.63) is 74.9 Å². The van der Waals surface area contributed by atoms with Crippen LogP contribution in [0.2, 0.25) is 0 Å². The molecule has 26 heavy (non-hydrogen) atoms. The Morgan fingerprint density at radius 1 is 1.19 bits per heavy atom. The zero-order chi connectivity index (χ0) is 18.5. The quantitative estimate of drug-likeness (QED) is 0.722. The predicted molar refractivity (Wildman–Crippen MR) is 103 cm³/mol. The monoisotopic (exact) mass is 367 g/mol. The van der Waals surface area contributed by atoms with Crippen LogP contribution in [0.4, 0.5) is 0 Å². The predicted octanol–water partition coefficient (Wildman–Crippen LogP) is 3.68. The molecule has 0 saturated heterocycles. The van der Waals surface area contributed by atoms with Gasteiger partial charge in [-0.05, 0) is 31.0 Å². The van der Waals surface area contributed by atoms with E-state index in [-0.39, 0.29) is 5.91 Å². The molecule has 5 nitrogen and oxygen atoms in total. The Morgan fingerprint density at radius 2 is 1.96 bits per heavy atom. The molecule has 1 amide bonds. The Morgan fingerprint density at radius 3 is 2.69 bits per heavy atom. The Hall–Kier alpha value is -2.73. The van der Waals surface area contributed by atoms with E-state index in [0.29, 0.717) is 18.1 Å². The molecule has 0 saturated carbocycles. The van der Waals surface area contributed by atoms with Gasteiger partial charge in [0.1, 0.15) is 5.69 Å². The van der Waals surface area contributed by atoms with Gasteiger partial charge in [-0.1, -0.05) is 30.3 Å². The lowest BCUT2D eigenvalue weighted by Gasteiger charge is -2.12. The summed E-state index contributed by atoms with van der Waals surface area (Å²) in [4.78, 5) is 21.3. The van der Waals surface area contributed by atoms with Gasteiger partial charge in [0, 0.05) is 29.6 Å². The molecule has 0 atom stereocenters. The Labute approximate surface area is 157 Å². The van der Waals surface area contributed by atoms with Crippen LogP contribution in [0.5, 0.6) is 5.88 Å². The highest BCUT2D eigenvalue weighted by Gasteiger charge is 2.14. The summed E-state index contributed by atoms with van der Waals surface area (Å²) < 4.78 is 5.34. The molecule has 134 valence electrons. The summed E-state index contributed by atoms with van der Waals surface area (Å²) in [5.74, 6) is 0.355. The molecule has 1 aromatic carbocycles. The van der Waals surface area contributed by atoms with Crippen LogP contribution in [-0.4, -0.2) is 23.0 Å². The summed E-state index contributed by atoms with van der Waals surface area (Å²) in [6.07, 6.45) is 0.730. The molecule has 0 aliphatic rings. The average molecular weight is 367 g/mol. The standard InChI is InChI=1S/C20H21N3O2S/c1-13-9-14(2)22-20(25-3)16(13)11-21-19(24)17-12-26-18(23-17)10-15-7-5-4-6-8-15/h4-9,12H,10-11H2,1-3H3,(H,21,24). The van der Waals surface area contributed by atoms with Crippen molar-refractivity contribution in [3.8, 4) is 5.88 Å². The largest absolute Gasteiger partial charge is 0.481 e. The van der Waals surface area contributed by atoms with Crippen LogP contribution in [-0.2, 0) is 13.0 Å². The van der Waals surface area contributed by atoms with Gasteiger partial charge >= 0.3 is 0 Å². The second-order valence-corrected chi connectivity index (χ2v) is 6.98. The van der Waals surface area contributed by atoms with Crippen molar-refractivity contribution in [2.24, 2.45) is 0 Å². The minimum atomic E-state index is -0.192. The molecule has 2 aromatic heterocycles. The van der Waals surface area contributed by atoms with E-state index in [1.54, 1.807) is 12.5 Å². The van der Waals surface area contributed by atoms with E-state index in [4.69, 9.17) is 4.74 Å². The van der Waals surface area contributed by atoms with Crippen LogP contribution in [0.3, 0.4) is 0 Å². The lowest BCUT2D eigenvalue weighted by molar-refractivity contribution is 0.0946. The van der Waals surface area contributed by atoms with E-state index < -0.39 is 0 Å². The lowest BCUT2D eigenvalue weighted by atomic mass is 10.1. The molecule has 3 aromatic rings. The third-order valence-electron chi connectivity index (χ3n) is 4.04. The summed E-state index contributed by atoms with van der Waals surface area (Å²) in [7, 11) is 1.59. The smallest absolute Gasteiger partial charge is 0.271 e. The van der Waals surface area contributed by atoms with Crippen LogP contribution in [0.15, 0.2) is 41.8 Å². The number of hydrogen-bond donors (Lipinski definition) is 1. The number of carbonyl (C=O) groups is 1. The molecule has 0 spiro atoms. The summed E-state index contributed by atoms with van der Waals surface area (Å²) in [6.45, 7) is 4.26. The van der Waals surface area contributed by atoms with Gasteiger partial charge in [-0.2, -0.15) is 0 Å². The number of amides is 1. The molecule has 0 aliphatic carbocycles. The number of hydrogen-bond acceptors (Lipinski definition) is 5. The van der Waals surface area contributed by atoms with Crippen molar-refractivity contribution in [1.29, 1.82) is 0 Å². The maximum absolute atomic E-state index is 12.4. The van der Waals surface area contributed by atoms with Crippen LogP contribution in [0.25, 0.3) is 0 Å². The highest BCUT2D eigenvalue weighted by Crippen LogP contribution is 2.21. The zero-order valence-electron chi connectivity index (χ0n) is 15.1. The fourth-order valence-electron chi connectivity index (χ4n) is 2.74. The van der Waals surface area contributed by atoms with Crippen molar-refractivity contribution >= 4 is 17.2 Å². The number of nitrogens with one attached hydrogen (secondary N) is 1. The van der Waals surface area contributed by atoms with Crippen molar-refractivity contribution < 1.29 is 9.53 Å². The number of aryl methyl sites for hydroxylation is 2. The van der Waals surface area contributed by atoms with Crippen molar-refractivity contribution in [2.75, 3.05) is 7.11 Å². The molecule has 0 radical (unpaired) electrons. The molecule has 6 heteroatoms. The number of methoxy groups -OCH3 is 1. The maximum Gasteiger partial charge on any atom is 0.271 e. The van der Waals surface area contributed by atoms with Gasteiger partial charge in [-0.15, -0.1) is 11.3 Å². The Kier molecular flexibility index (Phi) is 5.63. The van der Waals surface area contributed by atoms with Gasteiger partial charge in [-0.25, -0.2) is 9.97 Å². The minimum absolute atomic E-state index is 0.192. The third kappa shape index (κ3) is 4.26. The number of pyridine rings is 1. The molecule has 3 rings (SSSR count). The van der Waals surface area contributed by atoms with Crippen LogP contribution in [0.1, 0.15) is 37.9 Å². The average Bonchev–Trinajstić information content (AvgIpc) is 3.09. The highest BCUT2D eigenvalue weighted by molar-refractivity contribution is 7.09. The number of aromatic nitrogens is 2. The summed E-state index contributed by atoms with van der Waals surface area (Å²) >= 11 is 1.50. The first-order chi connectivity index (χ1) is 12.6. The lowest BCUT2D eigenvalue weighted by Crippen LogP contribution is -2.24. The van der Waals surface area contributed by atoms with Gasteiger partial charge < -0.3 is 10.1 Å². The minimum Gasteiger partial charge on any atom is -0.481 e. The Balaban J connectivity index is 1.66. The first-order valence-electron chi connectivity index (χ1n) is 8.34. The fraction of sp³-hybridized carbons (Fsp3) is 0.250. The van der Waals surface area contributed by atoms with Gasteiger partial charge in [-0.3, -0.25) is 4.79 Å². The first kappa shape index (κ1) is 18.1. The van der Waals surface area contributed by atoms with Gasteiger partial charge in [0.2, 0.25) is 5.88 Å². The molecule has 1 N–H and O–H groups in total. The maximum atomic E-state index is 12.4. The number of ether oxygens (including phenoxy) is 1. The van der Waals surface area contributed by atoms with E-state index in [1.807, 2.05) is 38.1 Å². The second-order valence-electron chi connectivity index (χ2n) is 6.04. The molecule has 2 heterocycles. The van der Waals surface area contributed by atoms with Gasteiger partial charge in [0.05, 0.1) is 12.1 Å². The molecule has 0 aliphatic heterocycles. The first-order valence-corrected chi connectivity index (χ1v) is 9.22. The second kappa shape index (κ2) is 8.10.